The van der Waals surface area contributed by atoms with Crippen molar-refractivity contribution in [2.45, 2.75) is 104 Å². The van der Waals surface area contributed by atoms with Crippen LogP contribution < -0.4 is 0 Å². The summed E-state index contributed by atoms with van der Waals surface area (Å²) in [7, 11) is 0. The first-order valence-electron chi connectivity index (χ1n) is 10.3. The lowest BCUT2D eigenvalue weighted by atomic mass is 9.99. The second-order valence-electron chi connectivity index (χ2n) is 10.1. The Labute approximate surface area is 176 Å². The van der Waals surface area contributed by atoms with Gasteiger partial charge in [0.1, 0.15) is 24.4 Å². The molecule has 0 aromatic carbocycles. The molecule has 7 heteroatoms. The summed E-state index contributed by atoms with van der Waals surface area (Å²) in [4.78, 5) is 24.1. The van der Waals surface area contributed by atoms with E-state index in [9.17, 15) is 9.59 Å². The van der Waals surface area contributed by atoms with Crippen LogP contribution in [0.5, 0.6) is 0 Å². The maximum Gasteiger partial charge on any atom is 0.332 e. The topological polar surface area (TPSA) is 80.3 Å². The summed E-state index contributed by atoms with van der Waals surface area (Å²) in [6.45, 7) is 19.2. The fraction of sp³-hybridized carbons (Fsp3) is 0.909. The van der Waals surface area contributed by atoms with Crippen LogP contribution in [-0.2, 0) is 33.3 Å². The van der Waals surface area contributed by atoms with Crippen molar-refractivity contribution in [3.8, 4) is 0 Å². The molecule has 0 aliphatic rings. The fourth-order valence-corrected chi connectivity index (χ4v) is 2.15. The van der Waals surface area contributed by atoms with Gasteiger partial charge in [-0.05, 0) is 68.7 Å². The second kappa shape index (κ2) is 11.3. The lowest BCUT2D eigenvalue weighted by Crippen LogP contribution is -2.38. The van der Waals surface area contributed by atoms with Crippen LogP contribution in [0.15, 0.2) is 0 Å². The molecule has 0 saturated carbocycles. The Hall–Kier alpha value is -1.18. The van der Waals surface area contributed by atoms with Crippen LogP contribution in [0.25, 0.3) is 0 Å². The molecule has 0 heterocycles. The first-order valence-corrected chi connectivity index (χ1v) is 10.3. The molecule has 0 bridgehead atoms. The van der Waals surface area contributed by atoms with E-state index >= 15 is 0 Å². The highest BCUT2D eigenvalue weighted by Gasteiger charge is 2.29. The number of hydrogen-bond donors (Lipinski definition) is 0. The molecule has 0 radical (unpaired) electrons. The average molecular weight is 419 g/mol. The summed E-state index contributed by atoms with van der Waals surface area (Å²) in [5.41, 5.74) is -2.00. The lowest BCUT2D eigenvalue weighted by molar-refractivity contribution is -0.176. The van der Waals surface area contributed by atoms with Crippen molar-refractivity contribution in [3.63, 3.8) is 0 Å². The number of rotatable bonds is 12. The molecule has 172 valence electrons. The molecule has 0 fully saturated rings. The first-order chi connectivity index (χ1) is 13.0. The molecule has 1 unspecified atom stereocenters. The molecule has 7 nitrogen and oxygen atoms in total. The smallest absolute Gasteiger partial charge is 0.332 e. The number of esters is 2. The maximum absolute atomic E-state index is 12.1. The van der Waals surface area contributed by atoms with E-state index in [0.717, 1.165) is 0 Å². The van der Waals surface area contributed by atoms with E-state index in [2.05, 4.69) is 0 Å². The summed E-state index contributed by atoms with van der Waals surface area (Å²) < 4.78 is 27.5. The molecule has 29 heavy (non-hydrogen) atoms. The molecular formula is C22H42O7. The van der Waals surface area contributed by atoms with Gasteiger partial charge < -0.3 is 23.7 Å². The molecule has 1 atom stereocenters. The third kappa shape index (κ3) is 15.3. The van der Waals surface area contributed by atoms with Gasteiger partial charge in [-0.3, -0.25) is 0 Å². The van der Waals surface area contributed by atoms with E-state index in [-0.39, 0.29) is 31.0 Å². The van der Waals surface area contributed by atoms with Crippen molar-refractivity contribution >= 4 is 11.9 Å². The standard InChI is InChI=1S/C22H42O7/c1-11-22(10,12-13-26-19(2,3)4)29-18(24)15-25-14-17(23)28-21(8,9)16-27-20(5,6)7/h11-16H2,1-10H3. The lowest BCUT2D eigenvalue weighted by Gasteiger charge is -2.30. The van der Waals surface area contributed by atoms with Crippen LogP contribution in [0.3, 0.4) is 0 Å². The van der Waals surface area contributed by atoms with Gasteiger partial charge in [-0.15, -0.1) is 0 Å². The Balaban J connectivity index is 4.30. The van der Waals surface area contributed by atoms with Crippen LogP contribution in [0.2, 0.25) is 0 Å². The minimum atomic E-state index is -0.790. The van der Waals surface area contributed by atoms with Gasteiger partial charge in [0.15, 0.2) is 0 Å². The van der Waals surface area contributed by atoms with Gasteiger partial charge >= 0.3 is 11.9 Å². The molecule has 0 spiro atoms. The Morgan fingerprint density at radius 1 is 0.724 bits per heavy atom. The van der Waals surface area contributed by atoms with E-state index in [1.165, 1.54) is 0 Å². The highest BCUT2D eigenvalue weighted by Crippen LogP contribution is 2.22. The van der Waals surface area contributed by atoms with E-state index in [1.807, 2.05) is 55.4 Å². The third-order valence-corrected chi connectivity index (χ3v) is 3.96. The van der Waals surface area contributed by atoms with Gasteiger partial charge in [0, 0.05) is 6.42 Å². The molecule has 0 saturated heterocycles. The number of carbonyl (C=O) groups is 2. The van der Waals surface area contributed by atoms with Crippen molar-refractivity contribution in [3.05, 3.63) is 0 Å². The molecule has 0 rings (SSSR count). The van der Waals surface area contributed by atoms with E-state index in [1.54, 1.807) is 13.8 Å². The average Bonchev–Trinajstić information content (AvgIpc) is 2.50. The summed E-state index contributed by atoms with van der Waals surface area (Å²) in [5, 5.41) is 0. The number of hydrogen-bond acceptors (Lipinski definition) is 7. The van der Waals surface area contributed by atoms with Crippen molar-refractivity contribution in [1.82, 2.24) is 0 Å². The largest absolute Gasteiger partial charge is 0.458 e. The van der Waals surface area contributed by atoms with Gasteiger partial charge in [-0.2, -0.15) is 0 Å². The monoisotopic (exact) mass is 418 g/mol. The summed E-state index contributed by atoms with van der Waals surface area (Å²) in [6.07, 6.45) is 1.23. The predicted octanol–water partition coefficient (Wildman–Crippen LogP) is 4.06. The molecular weight excluding hydrogens is 376 g/mol. The van der Waals surface area contributed by atoms with Gasteiger partial charge in [0.25, 0.3) is 0 Å². The molecule has 0 aliphatic heterocycles. The molecule has 0 aromatic heterocycles. The summed E-state index contributed by atoms with van der Waals surface area (Å²) >= 11 is 0. The Morgan fingerprint density at radius 2 is 1.21 bits per heavy atom. The van der Waals surface area contributed by atoms with Gasteiger partial charge in [0.2, 0.25) is 0 Å². The maximum atomic E-state index is 12.1. The van der Waals surface area contributed by atoms with Gasteiger partial charge in [0.05, 0.1) is 24.4 Å². The van der Waals surface area contributed by atoms with Crippen molar-refractivity contribution < 1.29 is 33.3 Å². The second-order valence-corrected chi connectivity index (χ2v) is 10.1. The van der Waals surface area contributed by atoms with Crippen LogP contribution in [0.4, 0.5) is 0 Å². The van der Waals surface area contributed by atoms with Crippen LogP contribution >= 0.6 is 0 Å². The zero-order valence-electron chi connectivity index (χ0n) is 20.1. The number of carbonyl (C=O) groups excluding carboxylic acids is 2. The Kier molecular flexibility index (Phi) is 10.8. The number of ether oxygens (including phenoxy) is 5. The normalized spacial score (nSPS) is 15.0. The Bertz CT molecular complexity index is 514. The van der Waals surface area contributed by atoms with Gasteiger partial charge in [-0.25, -0.2) is 9.59 Å². The van der Waals surface area contributed by atoms with Crippen molar-refractivity contribution in [1.29, 1.82) is 0 Å². The zero-order valence-corrected chi connectivity index (χ0v) is 20.1. The minimum Gasteiger partial charge on any atom is -0.458 e. The molecule has 0 N–H and O–H groups in total. The summed E-state index contributed by atoms with van der Waals surface area (Å²) in [5.74, 6) is -1.08. The van der Waals surface area contributed by atoms with Crippen LogP contribution in [0.1, 0.15) is 82.1 Å². The SMILES string of the molecule is CCC(C)(CCOC(C)(C)C)OC(=O)COCC(=O)OC(C)(C)COC(C)(C)C. The highest BCUT2D eigenvalue weighted by molar-refractivity contribution is 5.73. The van der Waals surface area contributed by atoms with E-state index in [4.69, 9.17) is 23.7 Å². The minimum absolute atomic E-state index is 0.242. The Morgan fingerprint density at radius 3 is 1.66 bits per heavy atom. The van der Waals surface area contributed by atoms with Crippen molar-refractivity contribution in [2.24, 2.45) is 0 Å². The zero-order chi connectivity index (χ0) is 22.9. The predicted molar refractivity (Wildman–Crippen MR) is 112 cm³/mol. The first kappa shape index (κ1) is 27.8. The van der Waals surface area contributed by atoms with E-state index < -0.39 is 23.1 Å². The highest BCUT2D eigenvalue weighted by atomic mass is 16.6. The van der Waals surface area contributed by atoms with Gasteiger partial charge in [-0.1, -0.05) is 6.92 Å². The molecule has 0 amide bonds. The van der Waals surface area contributed by atoms with Crippen LogP contribution in [-0.4, -0.2) is 60.8 Å². The fourth-order valence-electron chi connectivity index (χ4n) is 2.15. The molecule has 0 aliphatic carbocycles. The quantitative estimate of drug-likeness (QED) is 0.442. The summed E-state index contributed by atoms with van der Waals surface area (Å²) in [6, 6.07) is 0. The van der Waals surface area contributed by atoms with Crippen molar-refractivity contribution in [2.75, 3.05) is 26.4 Å². The third-order valence-electron chi connectivity index (χ3n) is 3.96. The van der Waals surface area contributed by atoms with Crippen LogP contribution in [0, 0.1) is 0 Å². The molecule has 0 aromatic rings. The van der Waals surface area contributed by atoms with E-state index in [0.29, 0.717) is 19.4 Å².